The minimum atomic E-state index is 0.602. The largest absolute Gasteiger partial charge is 0.497 e. The Morgan fingerprint density at radius 1 is 0.897 bits per heavy atom. The van der Waals surface area contributed by atoms with E-state index < -0.39 is 0 Å². The molecule has 0 N–H and O–H groups in total. The Hall–Kier alpha value is -2.85. The van der Waals surface area contributed by atoms with Gasteiger partial charge in [0.15, 0.2) is 0 Å². The van der Waals surface area contributed by atoms with E-state index in [1.807, 2.05) is 24.3 Å². The number of fused-ring (bicyclic) bond motifs is 1. The number of hydrogen-bond acceptors (Lipinski definition) is 4. The second-order valence-corrected chi connectivity index (χ2v) is 7.43. The summed E-state index contributed by atoms with van der Waals surface area (Å²) >= 11 is 0. The third kappa shape index (κ3) is 4.77. The normalized spacial score (nSPS) is 15.4. The van der Waals surface area contributed by atoms with E-state index in [9.17, 15) is 0 Å². The summed E-state index contributed by atoms with van der Waals surface area (Å²) in [4.78, 5) is 8.29. The van der Waals surface area contributed by atoms with Crippen molar-refractivity contribution in [1.29, 1.82) is 0 Å². The lowest BCUT2D eigenvalue weighted by molar-refractivity contribution is 0.103. The average molecular weight is 389 g/mol. The molecular formula is C25H28N2O2. The number of piperidine rings is 1. The number of hydrogen-bond donors (Lipinski definition) is 0. The summed E-state index contributed by atoms with van der Waals surface area (Å²) in [6, 6.07) is 22.7. The molecular weight excluding hydrogens is 360 g/mol. The Kier molecular flexibility index (Phi) is 6.42. The van der Waals surface area contributed by atoms with Gasteiger partial charge in [-0.25, -0.2) is 0 Å². The van der Waals surface area contributed by atoms with Crippen molar-refractivity contribution in [2.75, 3.05) is 33.4 Å². The van der Waals surface area contributed by atoms with E-state index in [2.05, 4.69) is 52.5 Å². The maximum Gasteiger partial charge on any atom is 0.129 e. The molecule has 4 rings (SSSR count). The summed E-state index contributed by atoms with van der Waals surface area (Å²) in [6.45, 7) is 3.86. The van der Waals surface area contributed by atoms with Crippen LogP contribution in [0.4, 0.5) is 0 Å². The molecule has 0 saturated carbocycles. The number of benzene rings is 3. The molecule has 3 aromatic rings. The average Bonchev–Trinajstić information content (AvgIpc) is 2.80. The van der Waals surface area contributed by atoms with Crippen molar-refractivity contribution in [3.05, 3.63) is 77.9 Å². The van der Waals surface area contributed by atoms with E-state index in [0.717, 1.165) is 29.1 Å². The highest BCUT2D eigenvalue weighted by Crippen LogP contribution is 2.23. The summed E-state index contributed by atoms with van der Waals surface area (Å²) < 4.78 is 5.31. The van der Waals surface area contributed by atoms with Crippen molar-refractivity contribution in [3.63, 3.8) is 0 Å². The van der Waals surface area contributed by atoms with Crippen molar-refractivity contribution in [1.82, 2.24) is 4.90 Å². The smallest absolute Gasteiger partial charge is 0.129 e. The number of oxime groups is 1. The lowest BCUT2D eigenvalue weighted by Gasteiger charge is -2.25. The molecule has 0 unspecified atom stereocenters. The first-order valence-corrected chi connectivity index (χ1v) is 10.4. The highest BCUT2D eigenvalue weighted by molar-refractivity contribution is 6.19. The maximum atomic E-state index is 5.83. The van der Waals surface area contributed by atoms with Gasteiger partial charge in [-0.15, -0.1) is 0 Å². The zero-order valence-electron chi connectivity index (χ0n) is 17.0. The van der Waals surface area contributed by atoms with Crippen molar-refractivity contribution in [2.24, 2.45) is 5.16 Å². The first kappa shape index (κ1) is 19.5. The van der Waals surface area contributed by atoms with Crippen LogP contribution in [-0.4, -0.2) is 44.0 Å². The zero-order valence-corrected chi connectivity index (χ0v) is 17.0. The highest BCUT2D eigenvalue weighted by atomic mass is 16.6. The standard InChI is InChI=1S/C25H28N2O2/c1-28-22-14-12-21(13-15-22)25(26-29-19-18-27-16-5-2-6-17-27)24-11-7-9-20-8-3-4-10-23(20)24/h3-4,7-15H,2,5-6,16-19H2,1H3/b26-25-. The minimum absolute atomic E-state index is 0.602. The van der Waals surface area contributed by atoms with Crippen LogP contribution < -0.4 is 4.74 Å². The predicted octanol–water partition coefficient (Wildman–Crippen LogP) is 5.10. The van der Waals surface area contributed by atoms with Crippen molar-refractivity contribution in [2.45, 2.75) is 19.3 Å². The van der Waals surface area contributed by atoms with Crippen LogP contribution in [0, 0.1) is 0 Å². The number of methoxy groups -OCH3 is 1. The van der Waals surface area contributed by atoms with Gasteiger partial charge in [0.25, 0.3) is 0 Å². The third-order valence-corrected chi connectivity index (χ3v) is 5.51. The van der Waals surface area contributed by atoms with Gasteiger partial charge in [-0.3, -0.25) is 4.90 Å². The molecule has 0 radical (unpaired) electrons. The Morgan fingerprint density at radius 3 is 2.45 bits per heavy atom. The van der Waals surface area contributed by atoms with Crippen LogP contribution >= 0.6 is 0 Å². The van der Waals surface area contributed by atoms with Crippen LogP contribution in [0.3, 0.4) is 0 Å². The maximum absolute atomic E-state index is 5.83. The molecule has 0 aromatic heterocycles. The Balaban J connectivity index is 1.61. The molecule has 150 valence electrons. The van der Waals surface area contributed by atoms with E-state index in [-0.39, 0.29) is 0 Å². The molecule has 0 spiro atoms. The van der Waals surface area contributed by atoms with Crippen molar-refractivity contribution in [3.8, 4) is 5.75 Å². The second-order valence-electron chi connectivity index (χ2n) is 7.43. The van der Waals surface area contributed by atoms with Gasteiger partial charge in [0.05, 0.1) is 7.11 Å². The van der Waals surface area contributed by atoms with Crippen LogP contribution in [0.5, 0.6) is 5.75 Å². The molecule has 1 aliphatic heterocycles. The molecule has 4 heteroatoms. The lowest BCUT2D eigenvalue weighted by Crippen LogP contribution is -2.32. The predicted molar refractivity (Wildman–Crippen MR) is 119 cm³/mol. The molecule has 0 atom stereocenters. The minimum Gasteiger partial charge on any atom is -0.497 e. The highest BCUT2D eigenvalue weighted by Gasteiger charge is 2.13. The summed E-state index contributed by atoms with van der Waals surface area (Å²) in [7, 11) is 1.68. The number of likely N-dealkylation sites (tertiary alicyclic amines) is 1. The topological polar surface area (TPSA) is 34.1 Å². The molecule has 1 saturated heterocycles. The summed E-state index contributed by atoms with van der Waals surface area (Å²) in [5.41, 5.74) is 2.94. The van der Waals surface area contributed by atoms with E-state index in [1.165, 1.54) is 43.1 Å². The molecule has 4 nitrogen and oxygen atoms in total. The quantitative estimate of drug-likeness (QED) is 0.321. The molecule has 29 heavy (non-hydrogen) atoms. The van der Waals surface area contributed by atoms with E-state index >= 15 is 0 Å². The van der Waals surface area contributed by atoms with Gasteiger partial charge in [-0.2, -0.15) is 0 Å². The Morgan fingerprint density at radius 2 is 1.66 bits per heavy atom. The number of nitrogens with zero attached hydrogens (tertiary/aromatic N) is 2. The SMILES string of the molecule is COc1ccc(/C(=N/OCCN2CCCCC2)c2cccc3ccccc23)cc1. The van der Waals surface area contributed by atoms with Gasteiger partial charge < -0.3 is 9.57 Å². The molecule has 1 aliphatic rings. The van der Waals surface area contributed by atoms with E-state index in [4.69, 9.17) is 9.57 Å². The van der Waals surface area contributed by atoms with Crippen LogP contribution in [0.2, 0.25) is 0 Å². The molecule has 3 aromatic carbocycles. The van der Waals surface area contributed by atoms with Gasteiger partial charge in [-0.1, -0.05) is 54.0 Å². The zero-order chi connectivity index (χ0) is 19.9. The summed E-state index contributed by atoms with van der Waals surface area (Å²) in [5.74, 6) is 0.831. The van der Waals surface area contributed by atoms with Crippen LogP contribution in [0.15, 0.2) is 71.9 Å². The fourth-order valence-electron chi connectivity index (χ4n) is 3.90. The fourth-order valence-corrected chi connectivity index (χ4v) is 3.90. The van der Waals surface area contributed by atoms with E-state index in [1.54, 1.807) is 7.11 Å². The third-order valence-electron chi connectivity index (χ3n) is 5.51. The second kappa shape index (κ2) is 9.57. The van der Waals surface area contributed by atoms with Crippen LogP contribution in [0.1, 0.15) is 30.4 Å². The van der Waals surface area contributed by atoms with Gasteiger partial charge in [-0.05, 0) is 61.0 Å². The first-order valence-electron chi connectivity index (χ1n) is 10.4. The van der Waals surface area contributed by atoms with Crippen LogP contribution in [-0.2, 0) is 4.84 Å². The number of rotatable bonds is 7. The van der Waals surface area contributed by atoms with Gasteiger partial charge in [0, 0.05) is 17.7 Å². The summed E-state index contributed by atoms with van der Waals surface area (Å²) in [6.07, 6.45) is 3.92. The molecule has 1 fully saturated rings. The molecule has 0 amide bonds. The summed E-state index contributed by atoms with van der Waals surface area (Å²) in [5, 5.41) is 6.97. The Bertz CT molecular complexity index is 955. The lowest BCUT2D eigenvalue weighted by atomic mass is 9.96. The van der Waals surface area contributed by atoms with Gasteiger partial charge in [0.1, 0.15) is 18.1 Å². The molecule has 0 bridgehead atoms. The van der Waals surface area contributed by atoms with Crippen molar-refractivity contribution < 1.29 is 9.57 Å². The first-order chi connectivity index (χ1) is 14.3. The monoisotopic (exact) mass is 388 g/mol. The molecule has 1 heterocycles. The van der Waals surface area contributed by atoms with Crippen molar-refractivity contribution >= 4 is 16.5 Å². The number of ether oxygens (including phenoxy) is 1. The van der Waals surface area contributed by atoms with Crippen LogP contribution in [0.25, 0.3) is 10.8 Å². The van der Waals surface area contributed by atoms with Gasteiger partial charge in [0.2, 0.25) is 0 Å². The molecule has 0 aliphatic carbocycles. The van der Waals surface area contributed by atoms with E-state index in [0.29, 0.717) is 6.61 Å². The van der Waals surface area contributed by atoms with Gasteiger partial charge >= 0.3 is 0 Å². The Labute approximate surface area is 172 Å². The fraction of sp³-hybridized carbons (Fsp3) is 0.320.